The van der Waals surface area contributed by atoms with Gasteiger partial charge in [0.15, 0.2) is 16.8 Å². The van der Waals surface area contributed by atoms with E-state index in [2.05, 4.69) is 25.7 Å². The van der Waals surface area contributed by atoms with Crippen LogP contribution in [0.1, 0.15) is 12.8 Å². The summed E-state index contributed by atoms with van der Waals surface area (Å²) in [4.78, 5) is 18.8. The molecule has 7 nitrogen and oxygen atoms in total. The number of ether oxygens (including phenoxy) is 1. The Kier molecular flexibility index (Phi) is 3.94. The fourth-order valence-corrected chi connectivity index (χ4v) is 4.06. The van der Waals surface area contributed by atoms with Crippen molar-refractivity contribution >= 4 is 39.1 Å². The summed E-state index contributed by atoms with van der Waals surface area (Å²) in [5, 5.41) is 9.31. The van der Waals surface area contributed by atoms with Gasteiger partial charge in [-0.25, -0.2) is 4.79 Å². The molecule has 1 aromatic heterocycles. The number of aromatic nitrogens is 1. The Hall–Kier alpha value is -2.17. The second kappa shape index (κ2) is 5.93. The number of nitrogens with zero attached hydrogens (tertiary/aromatic N) is 3. The summed E-state index contributed by atoms with van der Waals surface area (Å²) in [6.45, 7) is 0.755. The minimum atomic E-state index is -4.84. The van der Waals surface area contributed by atoms with Gasteiger partial charge in [-0.3, -0.25) is 4.90 Å². The topological polar surface area (TPSA) is 79.0 Å². The number of hydrogen-bond acceptors (Lipinski definition) is 5. The van der Waals surface area contributed by atoms with E-state index in [-0.39, 0.29) is 29.2 Å². The number of fused-ring (bicyclic) bond motifs is 3. The highest BCUT2D eigenvalue weighted by Gasteiger charge is 2.44. The summed E-state index contributed by atoms with van der Waals surface area (Å²) in [6, 6.07) is 2.34. The van der Waals surface area contributed by atoms with Crippen molar-refractivity contribution < 1.29 is 32.2 Å². The standard InChI is InChI=1S/C15H13BrF3N3O4/c16-9-3-4-10(26-15(17,18)19)11-12(9)25-13(20-11)21-5-7-1-2-8(6-21)22(7)14(23)24/h3-4,7-8H,1-2,5-6H2,(H,23,24). The molecule has 140 valence electrons. The van der Waals surface area contributed by atoms with Crippen molar-refractivity contribution in [3.63, 3.8) is 0 Å². The fraction of sp³-hybridized carbons (Fsp3) is 0.467. The van der Waals surface area contributed by atoms with Crippen molar-refractivity contribution in [3.8, 4) is 5.75 Å². The van der Waals surface area contributed by atoms with Gasteiger partial charge in [0.25, 0.3) is 6.01 Å². The minimum Gasteiger partial charge on any atom is -0.465 e. The van der Waals surface area contributed by atoms with Gasteiger partial charge >= 0.3 is 12.5 Å². The van der Waals surface area contributed by atoms with E-state index < -0.39 is 18.2 Å². The predicted molar refractivity (Wildman–Crippen MR) is 87.3 cm³/mol. The van der Waals surface area contributed by atoms with Crippen LogP contribution in [0, 0.1) is 0 Å². The molecule has 4 rings (SSSR count). The molecule has 11 heteroatoms. The average molecular weight is 436 g/mol. The summed E-state index contributed by atoms with van der Waals surface area (Å²) < 4.78 is 47.9. The molecule has 2 aromatic rings. The van der Waals surface area contributed by atoms with E-state index >= 15 is 0 Å². The lowest BCUT2D eigenvalue weighted by atomic mass is 10.2. The summed E-state index contributed by atoms with van der Waals surface area (Å²) >= 11 is 3.24. The smallest absolute Gasteiger partial charge is 0.465 e. The molecular formula is C15H13BrF3N3O4. The molecule has 2 aliphatic rings. The lowest BCUT2D eigenvalue weighted by Gasteiger charge is -2.38. The van der Waals surface area contributed by atoms with Crippen LogP contribution in [0.25, 0.3) is 11.1 Å². The average Bonchev–Trinajstić information content (AvgIpc) is 3.10. The predicted octanol–water partition coefficient (Wildman–Crippen LogP) is 3.82. The summed E-state index contributed by atoms with van der Waals surface area (Å²) in [5.74, 6) is -0.446. The number of oxazole rings is 1. The largest absolute Gasteiger partial charge is 0.573 e. The molecule has 2 unspecified atom stereocenters. The van der Waals surface area contributed by atoms with E-state index in [0.717, 1.165) is 18.9 Å². The van der Waals surface area contributed by atoms with Crippen LogP contribution in [-0.4, -0.2) is 52.6 Å². The van der Waals surface area contributed by atoms with Crippen LogP contribution >= 0.6 is 15.9 Å². The minimum absolute atomic E-state index is 0.0419. The molecule has 2 saturated heterocycles. The number of alkyl halides is 3. The molecule has 0 aliphatic carbocycles. The first kappa shape index (κ1) is 17.3. The van der Waals surface area contributed by atoms with E-state index in [1.807, 2.05) is 0 Å². The first-order chi connectivity index (χ1) is 12.2. The van der Waals surface area contributed by atoms with Gasteiger partial charge in [-0.2, -0.15) is 4.98 Å². The highest BCUT2D eigenvalue weighted by molar-refractivity contribution is 9.10. The van der Waals surface area contributed by atoms with Gasteiger partial charge in [-0.1, -0.05) is 0 Å². The van der Waals surface area contributed by atoms with Crippen LogP contribution in [0.4, 0.5) is 24.0 Å². The first-order valence-electron chi connectivity index (χ1n) is 7.84. The van der Waals surface area contributed by atoms with Gasteiger partial charge in [0, 0.05) is 13.1 Å². The van der Waals surface area contributed by atoms with Crippen LogP contribution < -0.4 is 9.64 Å². The van der Waals surface area contributed by atoms with Crippen molar-refractivity contribution in [3.05, 3.63) is 16.6 Å². The lowest BCUT2D eigenvalue weighted by Crippen LogP contribution is -2.55. The molecule has 3 heterocycles. The number of carbonyl (C=O) groups is 1. The molecule has 2 bridgehead atoms. The first-order valence-corrected chi connectivity index (χ1v) is 8.63. The van der Waals surface area contributed by atoms with Gasteiger partial charge in [0.05, 0.1) is 16.6 Å². The van der Waals surface area contributed by atoms with Gasteiger partial charge in [-0.15, -0.1) is 13.2 Å². The van der Waals surface area contributed by atoms with Gasteiger partial charge in [0.2, 0.25) is 0 Å². The normalized spacial score (nSPS) is 22.9. The molecule has 1 aromatic carbocycles. The number of carboxylic acid groups (broad SMARTS) is 1. The Balaban J connectivity index is 1.67. The number of amides is 1. The molecule has 0 spiro atoms. The molecular weight excluding hydrogens is 423 g/mol. The third kappa shape index (κ3) is 2.93. The van der Waals surface area contributed by atoms with Crippen molar-refractivity contribution in [2.75, 3.05) is 18.0 Å². The van der Waals surface area contributed by atoms with Crippen molar-refractivity contribution in [2.24, 2.45) is 0 Å². The highest BCUT2D eigenvalue weighted by atomic mass is 79.9. The second-order valence-electron chi connectivity index (χ2n) is 6.25. The van der Waals surface area contributed by atoms with E-state index in [9.17, 15) is 23.1 Å². The third-order valence-corrected chi connectivity index (χ3v) is 5.27. The Labute approximate surface area is 153 Å². The van der Waals surface area contributed by atoms with Gasteiger partial charge in [0.1, 0.15) is 0 Å². The number of rotatable bonds is 2. The number of benzene rings is 1. The maximum atomic E-state index is 12.6. The molecule has 0 radical (unpaired) electrons. The lowest BCUT2D eigenvalue weighted by molar-refractivity contribution is -0.274. The number of anilines is 1. The van der Waals surface area contributed by atoms with E-state index in [0.29, 0.717) is 17.6 Å². The zero-order valence-electron chi connectivity index (χ0n) is 13.2. The summed E-state index contributed by atoms with van der Waals surface area (Å²) in [7, 11) is 0. The van der Waals surface area contributed by atoms with Gasteiger partial charge in [-0.05, 0) is 40.9 Å². The second-order valence-corrected chi connectivity index (χ2v) is 7.10. The van der Waals surface area contributed by atoms with Gasteiger partial charge < -0.3 is 19.2 Å². The van der Waals surface area contributed by atoms with E-state index in [1.165, 1.54) is 11.0 Å². The molecule has 26 heavy (non-hydrogen) atoms. The van der Waals surface area contributed by atoms with Crippen LogP contribution in [0.2, 0.25) is 0 Å². The Bertz CT molecular complexity index is 858. The Morgan fingerprint density at radius 1 is 1.31 bits per heavy atom. The van der Waals surface area contributed by atoms with Crippen molar-refractivity contribution in [1.29, 1.82) is 0 Å². The zero-order chi connectivity index (χ0) is 18.6. The van der Waals surface area contributed by atoms with Crippen LogP contribution in [-0.2, 0) is 0 Å². The Morgan fingerprint density at radius 2 is 1.96 bits per heavy atom. The Morgan fingerprint density at radius 3 is 2.54 bits per heavy atom. The summed E-state index contributed by atoms with van der Waals surface area (Å²) in [6.07, 6.45) is -4.33. The fourth-order valence-electron chi connectivity index (χ4n) is 3.65. The highest BCUT2D eigenvalue weighted by Crippen LogP contribution is 2.39. The number of halogens is 4. The summed E-state index contributed by atoms with van der Waals surface area (Å²) in [5.41, 5.74) is 0.106. The van der Waals surface area contributed by atoms with Crippen molar-refractivity contribution in [2.45, 2.75) is 31.3 Å². The molecule has 2 aliphatic heterocycles. The van der Waals surface area contributed by atoms with Crippen LogP contribution in [0.15, 0.2) is 21.0 Å². The molecule has 2 fully saturated rings. The number of piperazine rings is 1. The third-order valence-electron chi connectivity index (χ3n) is 4.65. The van der Waals surface area contributed by atoms with Crippen molar-refractivity contribution in [1.82, 2.24) is 9.88 Å². The maximum absolute atomic E-state index is 12.6. The number of hydrogen-bond donors (Lipinski definition) is 1. The molecule has 1 N–H and O–H groups in total. The maximum Gasteiger partial charge on any atom is 0.573 e. The molecule has 2 atom stereocenters. The molecule has 0 saturated carbocycles. The van der Waals surface area contributed by atoms with Crippen LogP contribution in [0.5, 0.6) is 5.75 Å². The van der Waals surface area contributed by atoms with Crippen LogP contribution in [0.3, 0.4) is 0 Å². The quantitative estimate of drug-likeness (QED) is 0.772. The SMILES string of the molecule is O=C(O)N1C2CCC1CN(c1nc3c(OC(F)(F)F)ccc(Br)c3o1)C2. The van der Waals surface area contributed by atoms with E-state index in [4.69, 9.17) is 4.42 Å². The molecule has 1 amide bonds. The monoisotopic (exact) mass is 435 g/mol. The zero-order valence-corrected chi connectivity index (χ0v) is 14.7. The van der Waals surface area contributed by atoms with E-state index in [1.54, 1.807) is 4.90 Å².